The fourth-order valence-electron chi connectivity index (χ4n) is 6.34. The van der Waals surface area contributed by atoms with Crippen molar-refractivity contribution in [1.29, 1.82) is 0 Å². The lowest BCUT2D eigenvalue weighted by Crippen LogP contribution is -2.27. The SMILES string of the molecule is CCCC/C=C\C/C=C\CCCCCCCCCO[C@@H]1C[C@@H](N(C)C)C[C@@H]1OCCCCCCCC/C=C\C/C=C\CCCCC. The van der Waals surface area contributed by atoms with E-state index in [1.165, 1.54) is 141 Å². The topological polar surface area (TPSA) is 21.7 Å². The first-order chi connectivity index (χ1) is 22.7. The van der Waals surface area contributed by atoms with Crippen LogP contribution in [0.1, 0.15) is 181 Å². The molecule has 0 saturated heterocycles. The molecule has 3 nitrogen and oxygen atoms in total. The Morgan fingerprint density at radius 2 is 0.783 bits per heavy atom. The van der Waals surface area contributed by atoms with Gasteiger partial charge in [0, 0.05) is 19.3 Å². The van der Waals surface area contributed by atoms with E-state index in [4.69, 9.17) is 9.47 Å². The number of unbranched alkanes of at least 4 members (excludes halogenated alkanes) is 18. The molecule has 0 spiro atoms. The molecule has 1 fully saturated rings. The van der Waals surface area contributed by atoms with Crippen molar-refractivity contribution in [3.63, 3.8) is 0 Å². The van der Waals surface area contributed by atoms with Crippen LogP contribution in [0.2, 0.25) is 0 Å². The number of allylic oxidation sites excluding steroid dienone is 8. The van der Waals surface area contributed by atoms with Crippen LogP contribution in [0.15, 0.2) is 48.6 Å². The summed E-state index contributed by atoms with van der Waals surface area (Å²) in [5.41, 5.74) is 0. The van der Waals surface area contributed by atoms with E-state index in [-0.39, 0.29) is 12.2 Å². The van der Waals surface area contributed by atoms with Crippen LogP contribution < -0.4 is 0 Å². The van der Waals surface area contributed by atoms with Crippen LogP contribution in [0.25, 0.3) is 0 Å². The van der Waals surface area contributed by atoms with E-state index < -0.39 is 0 Å². The van der Waals surface area contributed by atoms with Crippen molar-refractivity contribution in [2.45, 2.75) is 199 Å². The molecule has 268 valence electrons. The molecule has 0 bridgehead atoms. The zero-order chi connectivity index (χ0) is 33.2. The van der Waals surface area contributed by atoms with E-state index in [0.29, 0.717) is 6.04 Å². The van der Waals surface area contributed by atoms with Gasteiger partial charge in [-0.1, -0.05) is 146 Å². The lowest BCUT2D eigenvalue weighted by molar-refractivity contribution is -0.0578. The smallest absolute Gasteiger partial charge is 0.0852 e. The van der Waals surface area contributed by atoms with Gasteiger partial charge in [0.1, 0.15) is 0 Å². The van der Waals surface area contributed by atoms with Crippen LogP contribution in [0.3, 0.4) is 0 Å². The van der Waals surface area contributed by atoms with Crippen molar-refractivity contribution >= 4 is 0 Å². The first-order valence-electron chi connectivity index (χ1n) is 20.2. The summed E-state index contributed by atoms with van der Waals surface area (Å²) in [6.07, 6.45) is 52.5. The standard InChI is InChI=1S/C43H79NO2/c1-5-7-9-11-13-15-17-19-21-23-25-27-29-31-33-35-37-45-42-39-41(44(3)4)40-43(42)46-38-36-34-32-30-28-26-24-22-20-18-16-14-12-10-8-6-2/h11,13-14,16-17,19-20,22,41-43H,5-10,12,15,18,21,23-40H2,1-4H3/b13-11-,16-14-,19-17-,22-20-/t41-,42-,43+/m1/s1. The first kappa shape index (κ1) is 42.9. The van der Waals surface area contributed by atoms with E-state index in [1.807, 2.05) is 0 Å². The van der Waals surface area contributed by atoms with E-state index in [1.54, 1.807) is 0 Å². The van der Waals surface area contributed by atoms with Gasteiger partial charge in [-0.05, 0) is 97.6 Å². The Morgan fingerprint density at radius 1 is 0.435 bits per heavy atom. The highest BCUT2D eigenvalue weighted by atomic mass is 16.5. The summed E-state index contributed by atoms with van der Waals surface area (Å²) in [6.45, 7) is 6.31. The van der Waals surface area contributed by atoms with Gasteiger partial charge in [0.25, 0.3) is 0 Å². The van der Waals surface area contributed by atoms with Crippen LogP contribution in [0.4, 0.5) is 0 Å². The Bertz CT molecular complexity index is 739. The zero-order valence-corrected chi connectivity index (χ0v) is 31.4. The summed E-state index contributed by atoms with van der Waals surface area (Å²) in [5.74, 6) is 0. The lowest BCUT2D eigenvalue weighted by Gasteiger charge is -2.20. The van der Waals surface area contributed by atoms with Gasteiger partial charge in [-0.15, -0.1) is 0 Å². The molecule has 0 radical (unpaired) electrons. The second-order valence-electron chi connectivity index (χ2n) is 14.1. The molecule has 0 unspecified atom stereocenters. The molecule has 1 aliphatic rings. The van der Waals surface area contributed by atoms with Gasteiger partial charge in [0.15, 0.2) is 0 Å². The van der Waals surface area contributed by atoms with Crippen molar-refractivity contribution in [2.75, 3.05) is 27.3 Å². The normalized spacial score (nSPS) is 19.0. The zero-order valence-electron chi connectivity index (χ0n) is 31.4. The molecule has 1 rings (SSSR count). The third-order valence-electron chi connectivity index (χ3n) is 9.51. The molecule has 1 saturated carbocycles. The Balaban J connectivity index is 2.00. The first-order valence-corrected chi connectivity index (χ1v) is 20.2. The molecule has 0 aromatic rings. The molecule has 0 N–H and O–H groups in total. The maximum atomic E-state index is 6.43. The molecule has 0 aliphatic heterocycles. The van der Waals surface area contributed by atoms with Crippen LogP contribution in [0, 0.1) is 0 Å². The summed E-state index contributed by atoms with van der Waals surface area (Å²) in [7, 11) is 4.41. The number of hydrogen-bond donors (Lipinski definition) is 0. The molecule has 0 amide bonds. The van der Waals surface area contributed by atoms with Gasteiger partial charge in [0.05, 0.1) is 12.2 Å². The highest BCUT2D eigenvalue weighted by Gasteiger charge is 2.36. The molecule has 46 heavy (non-hydrogen) atoms. The van der Waals surface area contributed by atoms with Gasteiger partial charge in [-0.2, -0.15) is 0 Å². The van der Waals surface area contributed by atoms with Gasteiger partial charge in [0.2, 0.25) is 0 Å². The third kappa shape index (κ3) is 26.9. The second-order valence-corrected chi connectivity index (χ2v) is 14.1. The Hall–Kier alpha value is -1.16. The number of ether oxygens (including phenoxy) is 2. The molecule has 0 aromatic carbocycles. The molecular weight excluding hydrogens is 562 g/mol. The Morgan fingerprint density at radius 3 is 1.17 bits per heavy atom. The maximum absolute atomic E-state index is 6.43. The monoisotopic (exact) mass is 642 g/mol. The fourth-order valence-corrected chi connectivity index (χ4v) is 6.34. The van der Waals surface area contributed by atoms with Gasteiger partial charge >= 0.3 is 0 Å². The molecule has 3 heteroatoms. The minimum absolute atomic E-state index is 0.275. The van der Waals surface area contributed by atoms with Gasteiger partial charge in [-0.3, -0.25) is 0 Å². The number of rotatable bonds is 33. The van der Waals surface area contributed by atoms with Gasteiger partial charge < -0.3 is 14.4 Å². The third-order valence-corrected chi connectivity index (χ3v) is 9.51. The highest BCUT2D eigenvalue weighted by molar-refractivity contribution is 4.93. The predicted molar refractivity (Wildman–Crippen MR) is 205 cm³/mol. The molecular formula is C43H79NO2. The van der Waals surface area contributed by atoms with E-state index in [9.17, 15) is 0 Å². The summed E-state index contributed by atoms with van der Waals surface area (Å²) in [6, 6.07) is 0.586. The van der Waals surface area contributed by atoms with E-state index >= 15 is 0 Å². The van der Waals surface area contributed by atoms with Crippen LogP contribution >= 0.6 is 0 Å². The summed E-state index contributed by atoms with van der Waals surface area (Å²) >= 11 is 0. The second kappa shape index (κ2) is 33.7. The van der Waals surface area contributed by atoms with Crippen LogP contribution in [-0.4, -0.2) is 50.5 Å². The van der Waals surface area contributed by atoms with Crippen LogP contribution in [-0.2, 0) is 9.47 Å². The minimum Gasteiger partial charge on any atom is -0.375 e. The maximum Gasteiger partial charge on any atom is 0.0852 e. The van der Waals surface area contributed by atoms with E-state index in [0.717, 1.165) is 38.9 Å². The molecule has 0 aromatic heterocycles. The fraction of sp³-hybridized carbons (Fsp3) is 0.814. The van der Waals surface area contributed by atoms with Crippen molar-refractivity contribution in [2.24, 2.45) is 0 Å². The summed E-state index contributed by atoms with van der Waals surface area (Å²) < 4.78 is 12.8. The average Bonchev–Trinajstić information content (AvgIpc) is 3.47. The molecule has 1 aliphatic carbocycles. The van der Waals surface area contributed by atoms with E-state index in [2.05, 4.69) is 81.5 Å². The Kier molecular flexibility index (Phi) is 31.4. The summed E-state index contributed by atoms with van der Waals surface area (Å²) in [4.78, 5) is 2.36. The number of nitrogens with zero attached hydrogens (tertiary/aromatic N) is 1. The Labute approximate surface area is 288 Å². The van der Waals surface area contributed by atoms with Crippen molar-refractivity contribution in [3.8, 4) is 0 Å². The van der Waals surface area contributed by atoms with Crippen molar-refractivity contribution in [3.05, 3.63) is 48.6 Å². The number of hydrogen-bond acceptors (Lipinski definition) is 3. The predicted octanol–water partition coefficient (Wildman–Crippen LogP) is 13.1. The largest absolute Gasteiger partial charge is 0.375 e. The molecule has 3 atom stereocenters. The lowest BCUT2D eigenvalue weighted by atomic mass is 10.1. The highest BCUT2D eigenvalue weighted by Crippen LogP contribution is 2.29. The average molecular weight is 642 g/mol. The van der Waals surface area contributed by atoms with Gasteiger partial charge in [-0.25, -0.2) is 0 Å². The van der Waals surface area contributed by atoms with Crippen LogP contribution in [0.5, 0.6) is 0 Å². The minimum atomic E-state index is 0.275. The summed E-state index contributed by atoms with van der Waals surface area (Å²) in [5, 5.41) is 0. The van der Waals surface area contributed by atoms with Crippen molar-refractivity contribution < 1.29 is 9.47 Å². The van der Waals surface area contributed by atoms with Crippen molar-refractivity contribution in [1.82, 2.24) is 4.90 Å². The molecule has 0 heterocycles. The quantitative estimate of drug-likeness (QED) is 0.0526.